The van der Waals surface area contributed by atoms with E-state index in [2.05, 4.69) is 66.4 Å². The van der Waals surface area contributed by atoms with Crippen LogP contribution in [-0.2, 0) is 0 Å². The second kappa shape index (κ2) is 5.96. The van der Waals surface area contributed by atoms with Gasteiger partial charge in [-0.25, -0.2) is 0 Å². The topological polar surface area (TPSA) is 0 Å². The van der Waals surface area contributed by atoms with Crippen LogP contribution in [-0.4, -0.2) is 16.1 Å². The molecule has 0 aliphatic carbocycles. The molecule has 1 rings (SSSR count). The van der Waals surface area contributed by atoms with Gasteiger partial charge in [0.1, 0.15) is 0 Å². The zero-order chi connectivity index (χ0) is 14.8. The summed E-state index contributed by atoms with van der Waals surface area (Å²) in [6, 6.07) is 8.99. The van der Waals surface area contributed by atoms with Crippen molar-refractivity contribution in [1.29, 1.82) is 0 Å². The highest BCUT2D eigenvalue weighted by Gasteiger charge is 2.36. The summed E-state index contributed by atoms with van der Waals surface area (Å²) in [6.45, 7) is 19.4. The van der Waals surface area contributed by atoms with Crippen molar-refractivity contribution in [2.24, 2.45) is 0 Å². The quantitative estimate of drug-likeness (QED) is 0.698. The number of hydrogen-bond donors (Lipinski definition) is 0. The third kappa shape index (κ3) is 3.05. The van der Waals surface area contributed by atoms with Crippen LogP contribution in [0.25, 0.3) is 0 Å². The van der Waals surface area contributed by atoms with Crippen LogP contribution in [0.1, 0.15) is 31.9 Å². The molecule has 2 heteroatoms. The normalized spacial score (nSPS) is 12.8. The van der Waals surface area contributed by atoms with E-state index >= 15 is 0 Å². The number of hydrogen-bond acceptors (Lipinski definition) is 0. The standard InChI is InChI=1S/C17H32Si2/c1-9-19(10-2,11-3)17-15(5)14(4)12-13-16(17)18(6,7)8/h12-13H,9-11H2,1-8H3. The molecule has 1 aromatic carbocycles. The average Bonchev–Trinajstić information content (AvgIpc) is 2.35. The maximum absolute atomic E-state index is 2.50. The third-order valence-corrected chi connectivity index (χ3v) is 13.2. The lowest BCUT2D eigenvalue weighted by Gasteiger charge is -2.36. The van der Waals surface area contributed by atoms with Gasteiger partial charge in [0.25, 0.3) is 0 Å². The van der Waals surface area contributed by atoms with Gasteiger partial charge in [0, 0.05) is 0 Å². The highest BCUT2D eigenvalue weighted by molar-refractivity contribution is 7.00. The second-order valence-corrected chi connectivity index (χ2v) is 17.2. The fourth-order valence-electron chi connectivity index (χ4n) is 3.40. The van der Waals surface area contributed by atoms with Gasteiger partial charge in [0.15, 0.2) is 0 Å². The lowest BCUT2D eigenvalue weighted by atomic mass is 10.1. The zero-order valence-corrected chi connectivity index (χ0v) is 16.3. The van der Waals surface area contributed by atoms with Crippen LogP contribution in [0.15, 0.2) is 12.1 Å². The molecule has 1 aromatic rings. The van der Waals surface area contributed by atoms with Crippen molar-refractivity contribution < 1.29 is 0 Å². The molecule has 0 fully saturated rings. The van der Waals surface area contributed by atoms with Crippen molar-refractivity contribution in [3.63, 3.8) is 0 Å². The summed E-state index contributed by atoms with van der Waals surface area (Å²) in [5, 5.41) is 3.58. The fraction of sp³-hybridized carbons (Fsp3) is 0.647. The molecule has 0 heterocycles. The summed E-state index contributed by atoms with van der Waals surface area (Å²) < 4.78 is 0. The van der Waals surface area contributed by atoms with Gasteiger partial charge in [-0.2, -0.15) is 0 Å². The van der Waals surface area contributed by atoms with Crippen LogP contribution in [0.5, 0.6) is 0 Å². The minimum Gasteiger partial charge on any atom is -0.0675 e. The number of aryl methyl sites for hydroxylation is 1. The molecule has 0 bridgehead atoms. The van der Waals surface area contributed by atoms with E-state index in [-0.39, 0.29) is 0 Å². The Labute approximate surface area is 122 Å². The molecule has 0 unspecified atom stereocenters. The van der Waals surface area contributed by atoms with Crippen LogP contribution < -0.4 is 10.4 Å². The molecule has 0 N–H and O–H groups in total. The molecular formula is C17H32Si2. The van der Waals surface area contributed by atoms with E-state index in [4.69, 9.17) is 0 Å². The summed E-state index contributed by atoms with van der Waals surface area (Å²) in [6.07, 6.45) is 0. The Kier molecular flexibility index (Phi) is 5.24. The van der Waals surface area contributed by atoms with Gasteiger partial charge in [-0.1, -0.05) is 81.1 Å². The van der Waals surface area contributed by atoms with Crippen LogP contribution in [0.2, 0.25) is 37.8 Å². The maximum atomic E-state index is 2.50. The van der Waals surface area contributed by atoms with E-state index in [1.165, 1.54) is 23.7 Å². The van der Waals surface area contributed by atoms with E-state index in [1.54, 1.807) is 10.8 Å². The molecule has 0 aliphatic rings. The first-order chi connectivity index (χ1) is 8.73. The molecule has 0 spiro atoms. The molecule has 0 saturated carbocycles. The lowest BCUT2D eigenvalue weighted by molar-refractivity contribution is 1.19. The largest absolute Gasteiger partial charge is 0.0861 e. The minimum absolute atomic E-state index is 1.26. The average molecular weight is 293 g/mol. The van der Waals surface area contributed by atoms with Crippen LogP contribution in [0.4, 0.5) is 0 Å². The Morgan fingerprint density at radius 3 is 1.68 bits per heavy atom. The molecule has 108 valence electrons. The first-order valence-corrected chi connectivity index (χ1v) is 14.0. The van der Waals surface area contributed by atoms with Gasteiger partial charge < -0.3 is 0 Å². The molecule has 0 aliphatic heterocycles. The zero-order valence-electron chi connectivity index (χ0n) is 14.3. The number of rotatable bonds is 5. The first-order valence-electron chi connectivity index (χ1n) is 7.84. The van der Waals surface area contributed by atoms with Crippen molar-refractivity contribution in [3.8, 4) is 0 Å². The third-order valence-electron chi connectivity index (χ3n) is 5.10. The van der Waals surface area contributed by atoms with Crippen LogP contribution in [0.3, 0.4) is 0 Å². The van der Waals surface area contributed by atoms with Crippen molar-refractivity contribution in [1.82, 2.24) is 0 Å². The first kappa shape index (κ1) is 16.7. The van der Waals surface area contributed by atoms with Gasteiger partial charge in [0.2, 0.25) is 0 Å². The molecule has 0 atom stereocenters. The second-order valence-electron chi connectivity index (χ2n) is 7.02. The minimum atomic E-state index is -1.29. The molecule has 19 heavy (non-hydrogen) atoms. The van der Waals surface area contributed by atoms with Gasteiger partial charge in [0.05, 0.1) is 16.1 Å². The highest BCUT2D eigenvalue weighted by Crippen LogP contribution is 2.23. The fourth-order valence-corrected chi connectivity index (χ4v) is 11.1. The van der Waals surface area contributed by atoms with Gasteiger partial charge in [-0.3, -0.25) is 0 Å². The van der Waals surface area contributed by atoms with E-state index < -0.39 is 16.1 Å². The molecule has 0 saturated heterocycles. The Bertz CT molecular complexity index is 429. The van der Waals surface area contributed by atoms with Gasteiger partial charge >= 0.3 is 0 Å². The summed E-state index contributed by atoms with van der Waals surface area (Å²) in [5.74, 6) is 0. The van der Waals surface area contributed by atoms with Crippen molar-refractivity contribution >= 4 is 26.5 Å². The van der Waals surface area contributed by atoms with Crippen molar-refractivity contribution in [2.75, 3.05) is 0 Å². The Morgan fingerprint density at radius 1 is 0.842 bits per heavy atom. The summed E-state index contributed by atoms with van der Waals surface area (Å²) >= 11 is 0. The summed E-state index contributed by atoms with van der Waals surface area (Å²) in [5.41, 5.74) is 3.10. The van der Waals surface area contributed by atoms with Crippen molar-refractivity contribution in [2.45, 2.75) is 72.4 Å². The molecule has 0 aromatic heterocycles. The predicted octanol–water partition coefficient (Wildman–Crippen LogP) is 4.56. The Hall–Kier alpha value is -0.346. The summed E-state index contributed by atoms with van der Waals surface area (Å²) in [7, 11) is -2.55. The molecule has 0 radical (unpaired) electrons. The summed E-state index contributed by atoms with van der Waals surface area (Å²) in [4.78, 5) is 0. The molecule has 0 amide bonds. The molecule has 0 nitrogen and oxygen atoms in total. The van der Waals surface area contributed by atoms with E-state index in [1.807, 2.05) is 5.19 Å². The maximum Gasteiger partial charge on any atom is 0.0861 e. The van der Waals surface area contributed by atoms with Crippen LogP contribution >= 0.6 is 0 Å². The Morgan fingerprint density at radius 2 is 1.32 bits per heavy atom. The van der Waals surface area contributed by atoms with E-state index in [0.717, 1.165) is 0 Å². The lowest BCUT2D eigenvalue weighted by Crippen LogP contribution is -2.60. The van der Waals surface area contributed by atoms with E-state index in [9.17, 15) is 0 Å². The van der Waals surface area contributed by atoms with E-state index in [0.29, 0.717) is 0 Å². The monoisotopic (exact) mass is 292 g/mol. The SMILES string of the molecule is CC[Si](CC)(CC)c1c([Si](C)(C)C)ccc(C)c1C. The Balaban J connectivity index is 3.68. The van der Waals surface area contributed by atoms with Crippen molar-refractivity contribution in [3.05, 3.63) is 23.3 Å². The molecular weight excluding hydrogens is 260 g/mol. The number of benzene rings is 1. The smallest absolute Gasteiger partial charge is 0.0675 e. The van der Waals surface area contributed by atoms with Gasteiger partial charge in [-0.05, 0) is 25.0 Å². The highest BCUT2D eigenvalue weighted by atomic mass is 28.3. The van der Waals surface area contributed by atoms with Gasteiger partial charge in [-0.15, -0.1) is 0 Å². The predicted molar refractivity (Wildman–Crippen MR) is 95.7 cm³/mol. The van der Waals surface area contributed by atoms with Crippen LogP contribution in [0, 0.1) is 13.8 Å².